The normalized spacial score (nSPS) is 12.2. The molecule has 0 aliphatic rings. The molecule has 1 aromatic carbocycles. The van der Waals surface area contributed by atoms with Gasteiger partial charge in [-0.3, -0.25) is 0 Å². The van der Waals surface area contributed by atoms with Crippen LogP contribution >= 0.6 is 0 Å². The number of carbonyl (C=O) groups is 1. The Kier molecular flexibility index (Phi) is 5.34. The van der Waals surface area contributed by atoms with Crippen molar-refractivity contribution in [2.24, 2.45) is 5.41 Å². The zero-order valence-electron chi connectivity index (χ0n) is 11.5. The maximum absolute atomic E-state index is 11.7. The highest BCUT2D eigenvalue weighted by molar-refractivity contribution is 5.68. The molecule has 1 amide bonds. The van der Waals surface area contributed by atoms with Crippen LogP contribution in [-0.4, -0.2) is 18.1 Å². The molecule has 102 valence electrons. The average molecular weight is 261 g/mol. The molecule has 1 aromatic rings. The third kappa shape index (κ3) is 5.40. The fourth-order valence-electron chi connectivity index (χ4n) is 1.47. The maximum atomic E-state index is 11.7. The monoisotopic (exact) mass is 261 g/mol. The molecule has 4 heteroatoms. The number of carbonyl (C=O) groups excluding carboxylic acids is 2. The smallest absolute Gasteiger partial charge is 0.407 e. The summed E-state index contributed by atoms with van der Waals surface area (Å²) in [6.45, 7) is 5.96. The van der Waals surface area contributed by atoms with Gasteiger partial charge in [0.05, 0.1) is 6.04 Å². The van der Waals surface area contributed by atoms with Crippen LogP contribution in [0.25, 0.3) is 0 Å². The van der Waals surface area contributed by atoms with Crippen LogP contribution in [0.15, 0.2) is 36.4 Å². The number of hydrogen-bond donors (Lipinski definition) is 1. The number of alkyl carbamates (subject to hydrolysis) is 1. The molecule has 0 aliphatic carbocycles. The van der Waals surface area contributed by atoms with E-state index in [0.717, 1.165) is 5.56 Å². The first kappa shape index (κ1) is 15.0. The average Bonchev–Trinajstić information content (AvgIpc) is 2.36. The molecule has 0 saturated heterocycles. The number of benzene rings is 1. The Labute approximate surface area is 113 Å². The molecule has 1 atom stereocenters. The molecule has 19 heavy (non-hydrogen) atoms. The Morgan fingerprint density at radius 1 is 1.37 bits per heavy atom. The van der Waals surface area contributed by atoms with E-state index in [0.29, 0.717) is 0 Å². The largest absolute Gasteiger partial charge is 0.445 e. The molecular formula is C15H19NO3. The van der Waals surface area contributed by atoms with E-state index in [4.69, 9.17) is 4.74 Å². The van der Waals surface area contributed by atoms with Crippen molar-refractivity contribution in [3.8, 4) is 0 Å². The summed E-state index contributed by atoms with van der Waals surface area (Å²) in [4.78, 5) is 22.1. The summed E-state index contributed by atoms with van der Waals surface area (Å²) in [5, 5.41) is 2.65. The summed E-state index contributed by atoms with van der Waals surface area (Å²) < 4.78 is 5.10. The van der Waals surface area contributed by atoms with Gasteiger partial charge in [0.15, 0.2) is 0 Å². The lowest BCUT2D eigenvalue weighted by Gasteiger charge is -2.27. The molecule has 0 fully saturated rings. The van der Waals surface area contributed by atoms with E-state index in [1.807, 2.05) is 51.1 Å². The predicted octanol–water partition coefficient (Wildman–Crippen LogP) is 2.72. The van der Waals surface area contributed by atoms with Crippen molar-refractivity contribution in [3.63, 3.8) is 0 Å². The van der Waals surface area contributed by atoms with Gasteiger partial charge in [0, 0.05) is 6.08 Å². The number of nitrogens with one attached hydrogen (secondary N) is 1. The first-order valence-corrected chi connectivity index (χ1v) is 6.11. The van der Waals surface area contributed by atoms with Crippen LogP contribution < -0.4 is 5.32 Å². The second kappa shape index (κ2) is 6.76. The molecular weight excluding hydrogens is 242 g/mol. The van der Waals surface area contributed by atoms with Gasteiger partial charge in [0.2, 0.25) is 0 Å². The fraction of sp³-hybridized carbons (Fsp3) is 0.400. The quantitative estimate of drug-likeness (QED) is 0.848. The lowest BCUT2D eigenvalue weighted by Crippen LogP contribution is -2.42. The van der Waals surface area contributed by atoms with Gasteiger partial charge in [0.1, 0.15) is 12.5 Å². The Bertz CT molecular complexity index is 456. The third-order valence-corrected chi connectivity index (χ3v) is 2.65. The Balaban J connectivity index is 2.52. The zero-order chi connectivity index (χ0) is 14.3. The number of hydrogen-bond acceptors (Lipinski definition) is 3. The zero-order valence-corrected chi connectivity index (χ0v) is 11.5. The van der Waals surface area contributed by atoms with Crippen molar-refractivity contribution in [1.82, 2.24) is 5.32 Å². The Hall–Kier alpha value is -2.06. The van der Waals surface area contributed by atoms with Gasteiger partial charge < -0.3 is 10.1 Å². The molecule has 1 N–H and O–H groups in total. The van der Waals surface area contributed by atoms with Crippen LogP contribution in [-0.2, 0) is 16.1 Å². The number of rotatable bonds is 4. The number of amides is 1. The lowest BCUT2D eigenvalue weighted by molar-refractivity contribution is 0.131. The highest BCUT2D eigenvalue weighted by atomic mass is 16.5. The van der Waals surface area contributed by atoms with E-state index < -0.39 is 12.1 Å². The first-order valence-electron chi connectivity index (χ1n) is 6.11. The minimum absolute atomic E-state index is 0.203. The van der Waals surface area contributed by atoms with Gasteiger partial charge in [0.25, 0.3) is 0 Å². The predicted molar refractivity (Wildman–Crippen MR) is 73.3 cm³/mol. The van der Waals surface area contributed by atoms with Crippen molar-refractivity contribution in [1.29, 1.82) is 0 Å². The van der Waals surface area contributed by atoms with Crippen LogP contribution in [0.2, 0.25) is 0 Å². The summed E-state index contributed by atoms with van der Waals surface area (Å²) in [6.07, 6.45) is 0.749. The van der Waals surface area contributed by atoms with Gasteiger partial charge in [-0.2, -0.15) is 0 Å². The van der Waals surface area contributed by atoms with Crippen molar-refractivity contribution >= 4 is 12.0 Å². The van der Waals surface area contributed by atoms with Crippen molar-refractivity contribution < 1.29 is 14.3 Å². The van der Waals surface area contributed by atoms with Crippen LogP contribution in [0.5, 0.6) is 0 Å². The molecule has 0 heterocycles. The number of ether oxygens (including phenoxy) is 1. The Morgan fingerprint density at radius 3 is 2.53 bits per heavy atom. The minimum Gasteiger partial charge on any atom is -0.445 e. The second-order valence-electron chi connectivity index (χ2n) is 5.33. The molecule has 0 bridgehead atoms. The first-order chi connectivity index (χ1) is 8.93. The lowest BCUT2D eigenvalue weighted by atomic mass is 9.87. The minimum atomic E-state index is -0.546. The van der Waals surface area contributed by atoms with Crippen molar-refractivity contribution in [2.45, 2.75) is 33.4 Å². The maximum Gasteiger partial charge on any atom is 0.407 e. The van der Waals surface area contributed by atoms with Crippen molar-refractivity contribution in [3.05, 3.63) is 42.0 Å². The SMILES string of the molecule is CC(C)(C)[C@@H](C=C=O)NC(=O)OCc1ccccc1. The van der Waals surface area contributed by atoms with Crippen LogP contribution in [0, 0.1) is 5.41 Å². The molecule has 0 saturated carbocycles. The van der Waals surface area contributed by atoms with E-state index in [2.05, 4.69) is 5.32 Å². The van der Waals surface area contributed by atoms with E-state index >= 15 is 0 Å². The Morgan fingerprint density at radius 2 is 2.00 bits per heavy atom. The molecule has 0 unspecified atom stereocenters. The van der Waals surface area contributed by atoms with Gasteiger partial charge in [-0.25, -0.2) is 9.59 Å². The fourth-order valence-corrected chi connectivity index (χ4v) is 1.47. The molecule has 0 aromatic heterocycles. The van der Waals surface area contributed by atoms with E-state index in [-0.39, 0.29) is 12.0 Å². The summed E-state index contributed by atoms with van der Waals surface area (Å²) >= 11 is 0. The molecule has 1 rings (SSSR count). The third-order valence-electron chi connectivity index (χ3n) is 2.65. The molecule has 0 spiro atoms. The molecule has 0 radical (unpaired) electrons. The topological polar surface area (TPSA) is 55.4 Å². The molecule has 0 aliphatic heterocycles. The summed E-state index contributed by atoms with van der Waals surface area (Å²) in [5.41, 5.74) is 0.638. The van der Waals surface area contributed by atoms with Gasteiger partial charge in [-0.1, -0.05) is 51.1 Å². The summed E-state index contributed by atoms with van der Waals surface area (Å²) in [6, 6.07) is 8.99. The van der Waals surface area contributed by atoms with E-state index in [1.54, 1.807) is 5.94 Å². The highest BCUT2D eigenvalue weighted by Gasteiger charge is 2.24. The van der Waals surface area contributed by atoms with Gasteiger partial charge >= 0.3 is 6.09 Å². The standard InChI is InChI=1S/C15H19NO3/c1-15(2,3)13(9-10-17)16-14(18)19-11-12-7-5-4-6-8-12/h4-9,13H,11H2,1-3H3,(H,16,18)/t13-/m1/s1. The summed E-state index contributed by atoms with van der Waals surface area (Å²) in [7, 11) is 0. The van der Waals surface area contributed by atoms with E-state index in [1.165, 1.54) is 6.08 Å². The van der Waals surface area contributed by atoms with Crippen LogP contribution in [0.1, 0.15) is 26.3 Å². The van der Waals surface area contributed by atoms with Gasteiger partial charge in [-0.15, -0.1) is 0 Å². The van der Waals surface area contributed by atoms with E-state index in [9.17, 15) is 9.59 Å². The van der Waals surface area contributed by atoms with Crippen molar-refractivity contribution in [2.75, 3.05) is 0 Å². The van der Waals surface area contributed by atoms with Crippen LogP contribution in [0.4, 0.5) is 4.79 Å². The second-order valence-corrected chi connectivity index (χ2v) is 5.33. The highest BCUT2D eigenvalue weighted by Crippen LogP contribution is 2.19. The van der Waals surface area contributed by atoms with Crippen LogP contribution in [0.3, 0.4) is 0 Å². The van der Waals surface area contributed by atoms with Gasteiger partial charge in [-0.05, 0) is 11.0 Å². The summed E-state index contributed by atoms with van der Waals surface area (Å²) in [5.74, 6) is 1.71. The molecule has 4 nitrogen and oxygen atoms in total.